The molecule has 0 spiro atoms. The molecule has 4 rings (SSSR count). The van der Waals surface area contributed by atoms with Crippen molar-refractivity contribution in [2.75, 3.05) is 36.9 Å². The summed E-state index contributed by atoms with van der Waals surface area (Å²) < 4.78 is 5.42. The largest absolute Gasteiger partial charge is 0.482 e. The Morgan fingerprint density at radius 3 is 2.69 bits per heavy atom. The van der Waals surface area contributed by atoms with Gasteiger partial charge in [-0.1, -0.05) is 29.8 Å². The van der Waals surface area contributed by atoms with Crippen LogP contribution in [0.1, 0.15) is 24.0 Å². The Bertz CT molecular complexity index is 887. The fourth-order valence-electron chi connectivity index (χ4n) is 3.92. The van der Waals surface area contributed by atoms with Gasteiger partial charge in [0.2, 0.25) is 5.91 Å². The molecule has 0 bridgehead atoms. The van der Waals surface area contributed by atoms with Crippen molar-refractivity contribution >= 4 is 23.2 Å². The van der Waals surface area contributed by atoms with Gasteiger partial charge in [-0.2, -0.15) is 0 Å². The lowest BCUT2D eigenvalue weighted by molar-refractivity contribution is -0.130. The highest BCUT2D eigenvalue weighted by atomic mass is 16.5. The van der Waals surface area contributed by atoms with E-state index in [0.717, 1.165) is 38.0 Å². The Morgan fingerprint density at radius 1 is 1.17 bits per heavy atom. The summed E-state index contributed by atoms with van der Waals surface area (Å²) in [5, 5.41) is 5.94. The molecule has 2 aromatic rings. The van der Waals surface area contributed by atoms with Crippen LogP contribution in [0.5, 0.6) is 5.75 Å². The fraction of sp³-hybridized carbons (Fsp3) is 0.391. The normalized spacial score (nSPS) is 16.6. The van der Waals surface area contributed by atoms with Gasteiger partial charge in [-0.3, -0.25) is 9.59 Å². The summed E-state index contributed by atoms with van der Waals surface area (Å²) in [5.41, 5.74) is 4.14. The number of rotatable bonds is 5. The maximum atomic E-state index is 12.6. The summed E-state index contributed by atoms with van der Waals surface area (Å²) in [6.45, 7) is 4.02. The van der Waals surface area contributed by atoms with E-state index in [1.807, 2.05) is 17.0 Å². The van der Waals surface area contributed by atoms with E-state index in [1.165, 1.54) is 11.1 Å². The first-order chi connectivity index (χ1) is 14.1. The van der Waals surface area contributed by atoms with Gasteiger partial charge in [0.1, 0.15) is 5.75 Å². The van der Waals surface area contributed by atoms with Gasteiger partial charge in [0.25, 0.3) is 5.91 Å². The Morgan fingerprint density at radius 2 is 1.93 bits per heavy atom. The first kappa shape index (κ1) is 19.3. The van der Waals surface area contributed by atoms with Crippen molar-refractivity contribution in [2.24, 2.45) is 5.92 Å². The summed E-state index contributed by atoms with van der Waals surface area (Å²) >= 11 is 0. The van der Waals surface area contributed by atoms with Crippen LogP contribution < -0.4 is 15.4 Å². The van der Waals surface area contributed by atoms with Crippen molar-refractivity contribution in [2.45, 2.75) is 26.2 Å². The number of nitrogens with zero attached hydrogens (tertiary/aromatic N) is 1. The number of amides is 2. The van der Waals surface area contributed by atoms with E-state index in [-0.39, 0.29) is 25.0 Å². The number of anilines is 2. The van der Waals surface area contributed by atoms with E-state index >= 15 is 0 Å². The third kappa shape index (κ3) is 4.88. The maximum absolute atomic E-state index is 12.6. The molecule has 2 N–H and O–H groups in total. The predicted octanol–water partition coefficient (Wildman–Crippen LogP) is 3.22. The summed E-state index contributed by atoms with van der Waals surface area (Å²) in [6.07, 6.45) is 3.18. The second-order valence-corrected chi connectivity index (χ2v) is 7.92. The average molecular weight is 393 g/mol. The minimum atomic E-state index is -0.154. The SMILES string of the molecule is Cc1ccc(CC2CCN(C(=O)CNc3ccc4c(c3)OCC(=O)N4)CC2)cc1. The summed E-state index contributed by atoms with van der Waals surface area (Å²) in [7, 11) is 0. The molecule has 1 fully saturated rings. The minimum absolute atomic E-state index is 0.0208. The molecule has 0 aromatic heterocycles. The average Bonchev–Trinajstić information content (AvgIpc) is 2.74. The molecule has 6 nitrogen and oxygen atoms in total. The van der Waals surface area contributed by atoms with Crippen molar-refractivity contribution < 1.29 is 14.3 Å². The minimum Gasteiger partial charge on any atom is -0.482 e. The molecule has 2 aliphatic heterocycles. The summed E-state index contributed by atoms with van der Waals surface area (Å²) in [6, 6.07) is 14.2. The lowest BCUT2D eigenvalue weighted by Gasteiger charge is -2.32. The number of benzene rings is 2. The Labute approximate surface area is 171 Å². The van der Waals surface area contributed by atoms with E-state index in [9.17, 15) is 9.59 Å². The van der Waals surface area contributed by atoms with Crippen LogP contribution in [0.25, 0.3) is 0 Å². The predicted molar refractivity (Wildman–Crippen MR) is 113 cm³/mol. The highest BCUT2D eigenvalue weighted by Crippen LogP contribution is 2.30. The quantitative estimate of drug-likeness (QED) is 0.818. The van der Waals surface area contributed by atoms with Crippen molar-refractivity contribution in [3.8, 4) is 5.75 Å². The Hall–Kier alpha value is -3.02. The van der Waals surface area contributed by atoms with Crippen molar-refractivity contribution in [3.63, 3.8) is 0 Å². The summed E-state index contributed by atoms with van der Waals surface area (Å²) in [4.78, 5) is 25.9. The van der Waals surface area contributed by atoms with Crippen LogP contribution in [0, 0.1) is 12.8 Å². The highest BCUT2D eigenvalue weighted by molar-refractivity contribution is 5.95. The van der Waals surface area contributed by atoms with Crippen LogP contribution in [0.3, 0.4) is 0 Å². The zero-order valence-electron chi connectivity index (χ0n) is 16.7. The van der Waals surface area contributed by atoms with E-state index in [1.54, 1.807) is 6.07 Å². The van der Waals surface area contributed by atoms with Crippen LogP contribution in [-0.4, -0.2) is 43.0 Å². The van der Waals surface area contributed by atoms with Crippen molar-refractivity contribution in [1.29, 1.82) is 0 Å². The molecule has 1 saturated heterocycles. The summed E-state index contributed by atoms with van der Waals surface area (Å²) in [5.74, 6) is 1.23. The van der Waals surface area contributed by atoms with E-state index in [2.05, 4.69) is 41.8 Å². The number of fused-ring (bicyclic) bond motifs is 1. The van der Waals surface area contributed by atoms with E-state index < -0.39 is 0 Å². The molecular formula is C23H27N3O3. The van der Waals surface area contributed by atoms with Crippen molar-refractivity contribution in [1.82, 2.24) is 4.90 Å². The monoisotopic (exact) mass is 393 g/mol. The maximum Gasteiger partial charge on any atom is 0.262 e. The van der Waals surface area contributed by atoms with Gasteiger partial charge in [-0.25, -0.2) is 0 Å². The molecule has 0 atom stereocenters. The van der Waals surface area contributed by atoms with Gasteiger partial charge in [-0.05, 0) is 49.8 Å². The molecular weight excluding hydrogens is 366 g/mol. The molecule has 0 aliphatic carbocycles. The lowest BCUT2D eigenvalue weighted by Crippen LogP contribution is -2.41. The molecule has 2 aromatic carbocycles. The van der Waals surface area contributed by atoms with Gasteiger partial charge >= 0.3 is 0 Å². The zero-order valence-corrected chi connectivity index (χ0v) is 16.7. The lowest BCUT2D eigenvalue weighted by atomic mass is 9.90. The van der Waals surface area contributed by atoms with E-state index in [0.29, 0.717) is 17.4 Å². The fourth-order valence-corrected chi connectivity index (χ4v) is 3.92. The molecule has 2 heterocycles. The van der Waals surface area contributed by atoms with Gasteiger partial charge < -0.3 is 20.3 Å². The van der Waals surface area contributed by atoms with Crippen LogP contribution in [-0.2, 0) is 16.0 Å². The van der Waals surface area contributed by atoms with Crippen molar-refractivity contribution in [3.05, 3.63) is 53.6 Å². The number of nitrogens with one attached hydrogen (secondary N) is 2. The second-order valence-electron chi connectivity index (χ2n) is 7.92. The van der Waals surface area contributed by atoms with Crippen LogP contribution in [0.15, 0.2) is 42.5 Å². The second kappa shape index (κ2) is 8.55. The molecule has 2 amide bonds. The van der Waals surface area contributed by atoms with Gasteiger partial charge in [0, 0.05) is 24.8 Å². The number of carbonyl (C=O) groups is 2. The zero-order chi connectivity index (χ0) is 20.2. The van der Waals surface area contributed by atoms with Gasteiger partial charge in [0.15, 0.2) is 6.61 Å². The molecule has 0 saturated carbocycles. The highest BCUT2D eigenvalue weighted by Gasteiger charge is 2.23. The third-order valence-electron chi connectivity index (χ3n) is 5.67. The molecule has 6 heteroatoms. The van der Waals surface area contributed by atoms with Crippen LogP contribution in [0.2, 0.25) is 0 Å². The topological polar surface area (TPSA) is 70.7 Å². The standard InChI is InChI=1S/C23H27N3O3/c1-16-2-4-17(5-3-16)12-18-8-10-26(11-9-18)23(28)14-24-19-6-7-20-21(13-19)29-15-22(27)25-20/h2-7,13,18,24H,8-12,14-15H2,1H3,(H,25,27). The number of ether oxygens (including phenoxy) is 1. The molecule has 0 unspecified atom stereocenters. The number of hydrogen-bond donors (Lipinski definition) is 2. The molecule has 2 aliphatic rings. The first-order valence-electron chi connectivity index (χ1n) is 10.2. The number of carbonyl (C=O) groups excluding carboxylic acids is 2. The number of likely N-dealkylation sites (tertiary alicyclic amines) is 1. The molecule has 29 heavy (non-hydrogen) atoms. The molecule has 152 valence electrons. The van der Waals surface area contributed by atoms with Gasteiger partial charge in [0.05, 0.1) is 12.2 Å². The number of hydrogen-bond acceptors (Lipinski definition) is 4. The van der Waals surface area contributed by atoms with Crippen LogP contribution >= 0.6 is 0 Å². The first-order valence-corrected chi connectivity index (χ1v) is 10.2. The molecule has 0 radical (unpaired) electrons. The Kier molecular flexibility index (Phi) is 5.69. The Balaban J connectivity index is 1.24. The third-order valence-corrected chi connectivity index (χ3v) is 5.67. The number of piperidine rings is 1. The smallest absolute Gasteiger partial charge is 0.262 e. The number of aryl methyl sites for hydroxylation is 1. The van der Waals surface area contributed by atoms with E-state index in [4.69, 9.17) is 4.74 Å². The van der Waals surface area contributed by atoms with Gasteiger partial charge in [-0.15, -0.1) is 0 Å². The van der Waals surface area contributed by atoms with Crippen LogP contribution in [0.4, 0.5) is 11.4 Å².